The molecule has 7 heteroatoms. The molecule has 0 aliphatic heterocycles. The number of aliphatic hydroxyl groups excluding tert-OH is 1. The molecule has 1 atom stereocenters. The Balaban J connectivity index is 2.55. The third-order valence-electron chi connectivity index (χ3n) is 3.71. The fourth-order valence-electron chi connectivity index (χ4n) is 2.40. The molecule has 1 unspecified atom stereocenters. The average molecular weight is 390 g/mol. The maximum absolute atomic E-state index is 12.4. The van der Waals surface area contributed by atoms with Crippen molar-refractivity contribution in [2.45, 2.75) is 20.0 Å². The number of rotatable bonds is 7. The van der Waals surface area contributed by atoms with Crippen molar-refractivity contribution in [2.24, 2.45) is 0 Å². The lowest BCUT2D eigenvalue weighted by molar-refractivity contribution is -0.139. The maximum atomic E-state index is 12.4. The highest BCUT2D eigenvalue weighted by Gasteiger charge is 2.26. The third-order valence-corrected chi connectivity index (χ3v) is 4.01. The lowest BCUT2D eigenvalue weighted by Gasteiger charge is -2.17. The quantitative estimate of drug-likeness (QED) is 0.441. The minimum Gasteiger partial charge on any atom is -0.463 e. The maximum Gasteiger partial charge on any atom is 0.340 e. The van der Waals surface area contributed by atoms with Gasteiger partial charge in [-0.2, -0.15) is 0 Å². The largest absolute Gasteiger partial charge is 0.463 e. The normalized spacial score (nSPS) is 11.6. The number of aliphatic hydroxyl groups is 1. The van der Waals surface area contributed by atoms with Crippen LogP contribution in [0.2, 0.25) is 5.15 Å². The second kappa shape index (κ2) is 9.30. The van der Waals surface area contributed by atoms with Crippen LogP contribution in [0.15, 0.2) is 48.6 Å². The minimum atomic E-state index is -1.47. The second-order valence-electron chi connectivity index (χ2n) is 5.50. The first kappa shape index (κ1) is 20.6. The Kier molecular flexibility index (Phi) is 7.10. The van der Waals surface area contributed by atoms with Crippen LogP contribution >= 0.6 is 11.6 Å². The summed E-state index contributed by atoms with van der Waals surface area (Å²) in [4.78, 5) is 28.5. The van der Waals surface area contributed by atoms with Crippen LogP contribution in [0.4, 0.5) is 0 Å². The van der Waals surface area contributed by atoms with E-state index in [-0.39, 0.29) is 35.1 Å². The van der Waals surface area contributed by atoms with Crippen molar-refractivity contribution in [1.29, 1.82) is 0 Å². The van der Waals surface area contributed by atoms with Gasteiger partial charge in [0, 0.05) is 11.1 Å². The predicted molar refractivity (Wildman–Crippen MR) is 101 cm³/mol. The minimum absolute atomic E-state index is 0.0557. The van der Waals surface area contributed by atoms with Crippen LogP contribution < -0.4 is 0 Å². The molecule has 0 bridgehead atoms. The summed E-state index contributed by atoms with van der Waals surface area (Å²) in [6, 6.07) is 10.3. The molecule has 2 aromatic rings. The van der Waals surface area contributed by atoms with E-state index in [1.54, 1.807) is 38.1 Å². The van der Waals surface area contributed by atoms with E-state index in [2.05, 4.69) is 11.6 Å². The Morgan fingerprint density at radius 1 is 1.19 bits per heavy atom. The van der Waals surface area contributed by atoms with Gasteiger partial charge in [-0.25, -0.2) is 14.6 Å². The third kappa shape index (κ3) is 4.72. The first-order valence-corrected chi connectivity index (χ1v) is 8.75. The van der Waals surface area contributed by atoms with Crippen LogP contribution in [-0.2, 0) is 14.3 Å². The molecule has 2 rings (SSSR count). The molecule has 0 saturated carbocycles. The van der Waals surface area contributed by atoms with Gasteiger partial charge in [0.1, 0.15) is 11.3 Å². The van der Waals surface area contributed by atoms with E-state index < -0.39 is 18.0 Å². The zero-order valence-electron chi connectivity index (χ0n) is 15.1. The summed E-state index contributed by atoms with van der Waals surface area (Å²) in [5, 5.41) is 10.4. The van der Waals surface area contributed by atoms with Gasteiger partial charge in [0.15, 0.2) is 0 Å². The van der Waals surface area contributed by atoms with Gasteiger partial charge in [-0.1, -0.05) is 48.5 Å². The molecule has 1 aromatic heterocycles. The molecule has 0 saturated heterocycles. The predicted octanol–water partition coefficient (Wildman–Crippen LogP) is 3.73. The molecular weight excluding hydrogens is 370 g/mol. The smallest absolute Gasteiger partial charge is 0.340 e. The number of halogens is 1. The van der Waals surface area contributed by atoms with E-state index in [1.807, 2.05) is 6.07 Å². The van der Waals surface area contributed by atoms with E-state index in [0.717, 1.165) is 0 Å². The van der Waals surface area contributed by atoms with Crippen LogP contribution in [0, 0.1) is 0 Å². The van der Waals surface area contributed by atoms with Crippen molar-refractivity contribution in [2.75, 3.05) is 13.2 Å². The summed E-state index contributed by atoms with van der Waals surface area (Å²) in [6.07, 6.45) is -1.47. The van der Waals surface area contributed by atoms with Crippen LogP contribution in [0.25, 0.3) is 11.3 Å². The Labute approximate surface area is 162 Å². The number of esters is 2. The van der Waals surface area contributed by atoms with Crippen LogP contribution in [0.3, 0.4) is 0 Å². The van der Waals surface area contributed by atoms with Gasteiger partial charge in [0.05, 0.1) is 30.0 Å². The zero-order chi connectivity index (χ0) is 20.0. The van der Waals surface area contributed by atoms with Gasteiger partial charge in [0.25, 0.3) is 0 Å². The number of aromatic nitrogens is 1. The Morgan fingerprint density at radius 3 is 2.41 bits per heavy atom. The van der Waals surface area contributed by atoms with Crippen LogP contribution in [-0.4, -0.2) is 35.2 Å². The Bertz CT molecular complexity index is 851. The molecule has 142 valence electrons. The van der Waals surface area contributed by atoms with E-state index in [1.165, 1.54) is 6.07 Å². The number of benzene rings is 1. The highest BCUT2D eigenvalue weighted by atomic mass is 35.5. The van der Waals surface area contributed by atoms with Crippen molar-refractivity contribution >= 4 is 23.5 Å². The summed E-state index contributed by atoms with van der Waals surface area (Å²) in [5.74, 6) is -1.37. The summed E-state index contributed by atoms with van der Waals surface area (Å²) in [7, 11) is 0. The Morgan fingerprint density at radius 2 is 1.81 bits per heavy atom. The molecule has 0 fully saturated rings. The van der Waals surface area contributed by atoms with E-state index in [9.17, 15) is 14.7 Å². The van der Waals surface area contributed by atoms with Gasteiger partial charge in [-0.05, 0) is 19.9 Å². The topological polar surface area (TPSA) is 85.7 Å². The number of carbonyl (C=O) groups excluding carboxylic acids is 2. The number of hydrogen-bond donors (Lipinski definition) is 1. The fraction of sp³-hybridized carbons (Fsp3) is 0.250. The summed E-state index contributed by atoms with van der Waals surface area (Å²) in [6.45, 7) is 7.18. The standard InChI is InChI=1S/C20H20ClNO5/c1-4-26-19(24)12(3)17(23)15-11-14(20(25)27-5-2)16(22-18(15)21)13-9-7-6-8-10-13/h6-11,17,23H,3-5H2,1-2H3. The fourth-order valence-corrected chi connectivity index (χ4v) is 2.64. The molecule has 0 aliphatic rings. The van der Waals surface area contributed by atoms with Gasteiger partial charge in [-0.3, -0.25) is 0 Å². The zero-order valence-corrected chi connectivity index (χ0v) is 15.8. The van der Waals surface area contributed by atoms with Gasteiger partial charge >= 0.3 is 11.9 Å². The number of nitrogens with zero attached hydrogens (tertiary/aromatic N) is 1. The number of hydrogen-bond acceptors (Lipinski definition) is 6. The molecule has 0 spiro atoms. The molecule has 1 aromatic carbocycles. The molecule has 6 nitrogen and oxygen atoms in total. The second-order valence-corrected chi connectivity index (χ2v) is 5.86. The number of carbonyl (C=O) groups is 2. The van der Waals surface area contributed by atoms with Crippen molar-refractivity contribution in [3.63, 3.8) is 0 Å². The molecule has 1 N–H and O–H groups in total. The summed E-state index contributed by atoms with van der Waals surface area (Å²) >= 11 is 6.24. The van der Waals surface area contributed by atoms with E-state index >= 15 is 0 Å². The molecule has 0 amide bonds. The van der Waals surface area contributed by atoms with Crippen LogP contribution in [0.1, 0.15) is 35.9 Å². The van der Waals surface area contributed by atoms with Crippen molar-refractivity contribution in [3.05, 3.63) is 64.8 Å². The molecule has 0 aliphatic carbocycles. The first-order chi connectivity index (χ1) is 12.9. The van der Waals surface area contributed by atoms with Crippen LogP contribution in [0.5, 0.6) is 0 Å². The number of ether oxygens (including phenoxy) is 2. The molecular formula is C20H20ClNO5. The average Bonchev–Trinajstić information content (AvgIpc) is 2.67. The Hall–Kier alpha value is -2.70. The van der Waals surface area contributed by atoms with Crippen molar-refractivity contribution in [3.8, 4) is 11.3 Å². The lowest BCUT2D eigenvalue weighted by atomic mass is 9.99. The summed E-state index contributed by atoms with van der Waals surface area (Å²) in [5.41, 5.74) is 0.961. The summed E-state index contributed by atoms with van der Waals surface area (Å²) < 4.78 is 9.94. The van der Waals surface area contributed by atoms with Crippen molar-refractivity contribution < 1.29 is 24.2 Å². The highest BCUT2D eigenvalue weighted by molar-refractivity contribution is 6.30. The van der Waals surface area contributed by atoms with Gasteiger partial charge in [-0.15, -0.1) is 0 Å². The monoisotopic (exact) mass is 389 g/mol. The van der Waals surface area contributed by atoms with Gasteiger partial charge in [0.2, 0.25) is 0 Å². The van der Waals surface area contributed by atoms with Crippen molar-refractivity contribution in [1.82, 2.24) is 4.98 Å². The molecule has 1 heterocycles. The number of pyridine rings is 1. The highest BCUT2D eigenvalue weighted by Crippen LogP contribution is 2.32. The SMILES string of the molecule is C=C(C(=O)OCC)C(O)c1cc(C(=O)OCC)c(-c2ccccc2)nc1Cl. The molecule has 27 heavy (non-hydrogen) atoms. The molecule has 0 radical (unpaired) electrons. The lowest BCUT2D eigenvalue weighted by Crippen LogP contribution is -2.16. The van der Waals surface area contributed by atoms with E-state index in [0.29, 0.717) is 11.3 Å². The first-order valence-electron chi connectivity index (χ1n) is 8.37. The van der Waals surface area contributed by atoms with Gasteiger partial charge < -0.3 is 14.6 Å². The van der Waals surface area contributed by atoms with E-state index in [4.69, 9.17) is 21.1 Å².